The normalized spacial score (nSPS) is 19.3. The number of carbonyl (C=O) groups excluding carboxylic acids is 1. The average Bonchev–Trinajstić information content (AvgIpc) is 2.94. The quantitative estimate of drug-likeness (QED) is 0.836. The van der Waals surface area contributed by atoms with Crippen LogP contribution < -0.4 is 10.2 Å². The number of halogens is 1. The molecule has 0 aliphatic carbocycles. The Hall–Kier alpha value is -2.38. The zero-order valence-corrected chi connectivity index (χ0v) is 16.4. The van der Waals surface area contributed by atoms with Crippen LogP contribution in [0.3, 0.4) is 0 Å². The van der Waals surface area contributed by atoms with E-state index in [-0.39, 0.29) is 11.4 Å². The van der Waals surface area contributed by atoms with Gasteiger partial charge in [-0.2, -0.15) is 0 Å². The summed E-state index contributed by atoms with van der Waals surface area (Å²) in [6, 6.07) is 8.91. The number of piperidine rings is 1. The maximum atomic E-state index is 12.6. The molecule has 2 amide bonds. The molecule has 148 valence electrons. The highest BCUT2D eigenvalue weighted by atomic mass is 35.5. The van der Waals surface area contributed by atoms with Crippen LogP contribution in [0.2, 0.25) is 5.02 Å². The second-order valence-corrected chi connectivity index (χ2v) is 7.88. The van der Waals surface area contributed by atoms with E-state index < -0.39 is 0 Å². The van der Waals surface area contributed by atoms with E-state index in [1.165, 1.54) is 0 Å². The molecule has 8 heteroatoms. The van der Waals surface area contributed by atoms with Gasteiger partial charge in [0, 0.05) is 54.7 Å². The van der Waals surface area contributed by atoms with E-state index in [0.29, 0.717) is 31.3 Å². The van der Waals surface area contributed by atoms with Gasteiger partial charge in [0.2, 0.25) is 5.95 Å². The standard InChI is InChI=1S/C20H24ClN5O2/c21-16-2-4-17(5-3-16)24-19(27)25-10-6-20(7-11-25)14-26(12-13-28-15-20)18-22-8-1-9-23-18/h1-5,8-9H,6-7,10-15H2,(H,24,27). The Balaban J connectivity index is 1.37. The van der Waals surface area contributed by atoms with Gasteiger partial charge in [-0.3, -0.25) is 0 Å². The van der Waals surface area contributed by atoms with Crippen LogP contribution in [0, 0.1) is 5.41 Å². The summed E-state index contributed by atoms with van der Waals surface area (Å²) in [4.78, 5) is 25.5. The SMILES string of the molecule is O=C(Nc1ccc(Cl)cc1)N1CCC2(CC1)COCCN(c1ncccn1)C2. The summed E-state index contributed by atoms with van der Waals surface area (Å²) in [6.07, 6.45) is 5.32. The van der Waals surface area contributed by atoms with Crippen LogP contribution >= 0.6 is 11.6 Å². The topological polar surface area (TPSA) is 70.6 Å². The molecule has 0 atom stereocenters. The van der Waals surface area contributed by atoms with E-state index in [2.05, 4.69) is 20.2 Å². The van der Waals surface area contributed by atoms with Crippen molar-refractivity contribution in [2.45, 2.75) is 12.8 Å². The van der Waals surface area contributed by atoms with Crippen molar-refractivity contribution in [3.05, 3.63) is 47.7 Å². The minimum absolute atomic E-state index is 0.0206. The minimum Gasteiger partial charge on any atom is -0.379 e. The Morgan fingerprint density at radius 1 is 1.11 bits per heavy atom. The third-order valence-corrected chi connectivity index (χ3v) is 5.73. The summed E-state index contributed by atoms with van der Waals surface area (Å²) in [7, 11) is 0. The van der Waals surface area contributed by atoms with Crippen molar-refractivity contribution in [1.29, 1.82) is 0 Å². The number of likely N-dealkylation sites (tertiary alicyclic amines) is 1. The van der Waals surface area contributed by atoms with Crippen LogP contribution in [0.1, 0.15) is 12.8 Å². The van der Waals surface area contributed by atoms with Crippen LogP contribution in [0.25, 0.3) is 0 Å². The van der Waals surface area contributed by atoms with Gasteiger partial charge in [-0.25, -0.2) is 14.8 Å². The lowest BCUT2D eigenvalue weighted by Crippen LogP contribution is -2.50. The molecule has 0 saturated carbocycles. The number of aromatic nitrogens is 2. The third kappa shape index (κ3) is 4.36. The number of hydrogen-bond donors (Lipinski definition) is 1. The molecule has 1 spiro atoms. The number of nitrogens with one attached hydrogen (secondary N) is 1. The monoisotopic (exact) mass is 401 g/mol. The van der Waals surface area contributed by atoms with Gasteiger partial charge in [0.25, 0.3) is 0 Å². The van der Waals surface area contributed by atoms with Crippen LogP contribution in [-0.4, -0.2) is 60.3 Å². The Bertz CT molecular complexity index is 794. The summed E-state index contributed by atoms with van der Waals surface area (Å²) < 4.78 is 5.91. The fourth-order valence-electron chi connectivity index (χ4n) is 3.84. The van der Waals surface area contributed by atoms with Crippen molar-refractivity contribution in [2.24, 2.45) is 5.41 Å². The minimum atomic E-state index is -0.0741. The molecular weight excluding hydrogens is 378 g/mol. The van der Waals surface area contributed by atoms with E-state index in [1.807, 2.05) is 23.1 Å². The molecule has 1 aromatic carbocycles. The molecule has 3 heterocycles. The van der Waals surface area contributed by atoms with Crippen molar-refractivity contribution < 1.29 is 9.53 Å². The highest BCUT2D eigenvalue weighted by Crippen LogP contribution is 2.35. The number of urea groups is 1. The van der Waals surface area contributed by atoms with Crippen LogP contribution in [0.5, 0.6) is 0 Å². The van der Waals surface area contributed by atoms with E-state index in [4.69, 9.17) is 16.3 Å². The smallest absolute Gasteiger partial charge is 0.321 e. The zero-order valence-electron chi connectivity index (χ0n) is 15.7. The molecule has 0 unspecified atom stereocenters. The number of ether oxygens (including phenoxy) is 1. The first kappa shape index (κ1) is 19.0. The lowest BCUT2D eigenvalue weighted by Gasteiger charge is -2.42. The lowest BCUT2D eigenvalue weighted by molar-refractivity contribution is 0.0312. The Morgan fingerprint density at radius 3 is 2.54 bits per heavy atom. The number of nitrogens with zero attached hydrogens (tertiary/aromatic N) is 4. The Morgan fingerprint density at radius 2 is 1.82 bits per heavy atom. The van der Waals surface area contributed by atoms with Crippen LogP contribution in [0.15, 0.2) is 42.7 Å². The molecule has 4 rings (SSSR count). The highest BCUT2D eigenvalue weighted by Gasteiger charge is 2.39. The van der Waals surface area contributed by atoms with Gasteiger partial charge in [-0.15, -0.1) is 0 Å². The fraction of sp³-hybridized carbons (Fsp3) is 0.450. The van der Waals surface area contributed by atoms with Crippen molar-refractivity contribution in [3.63, 3.8) is 0 Å². The van der Waals surface area contributed by atoms with E-state index in [9.17, 15) is 4.79 Å². The predicted octanol–water partition coefficient (Wildman–Crippen LogP) is 3.28. The van der Waals surface area contributed by atoms with Crippen LogP contribution in [-0.2, 0) is 4.74 Å². The van der Waals surface area contributed by atoms with E-state index >= 15 is 0 Å². The molecule has 2 aliphatic rings. The van der Waals surface area contributed by atoms with E-state index in [1.54, 1.807) is 24.5 Å². The number of carbonyl (C=O) groups is 1. The molecular formula is C20H24ClN5O2. The molecule has 2 fully saturated rings. The van der Waals surface area contributed by atoms with Crippen molar-refractivity contribution in [2.75, 3.05) is 49.6 Å². The summed E-state index contributed by atoms with van der Waals surface area (Å²) in [5.74, 6) is 0.746. The van der Waals surface area contributed by atoms with Gasteiger partial charge in [0.15, 0.2) is 0 Å². The van der Waals surface area contributed by atoms with E-state index in [0.717, 1.165) is 37.6 Å². The maximum absolute atomic E-state index is 12.6. The summed E-state index contributed by atoms with van der Waals surface area (Å²) >= 11 is 5.90. The molecule has 2 aromatic rings. The summed E-state index contributed by atoms with van der Waals surface area (Å²) in [6.45, 7) is 4.42. The largest absolute Gasteiger partial charge is 0.379 e. The van der Waals surface area contributed by atoms with Crippen molar-refractivity contribution in [1.82, 2.24) is 14.9 Å². The molecule has 0 bridgehead atoms. The van der Waals surface area contributed by atoms with Crippen molar-refractivity contribution in [3.8, 4) is 0 Å². The number of hydrogen-bond acceptors (Lipinski definition) is 5. The molecule has 1 N–H and O–H groups in total. The number of benzene rings is 1. The molecule has 2 saturated heterocycles. The number of rotatable bonds is 2. The second kappa shape index (κ2) is 8.32. The average molecular weight is 402 g/mol. The fourth-order valence-corrected chi connectivity index (χ4v) is 3.97. The number of anilines is 2. The number of amides is 2. The molecule has 2 aliphatic heterocycles. The molecule has 28 heavy (non-hydrogen) atoms. The first-order valence-corrected chi connectivity index (χ1v) is 9.93. The van der Waals surface area contributed by atoms with Crippen molar-refractivity contribution >= 4 is 29.3 Å². The molecule has 7 nitrogen and oxygen atoms in total. The highest BCUT2D eigenvalue weighted by molar-refractivity contribution is 6.30. The van der Waals surface area contributed by atoms with Crippen LogP contribution in [0.4, 0.5) is 16.4 Å². The molecule has 1 aromatic heterocycles. The van der Waals surface area contributed by atoms with Gasteiger partial charge in [-0.05, 0) is 43.2 Å². The predicted molar refractivity (Wildman–Crippen MR) is 109 cm³/mol. The Labute approximate surface area is 169 Å². The maximum Gasteiger partial charge on any atom is 0.321 e. The van der Waals surface area contributed by atoms with Gasteiger partial charge >= 0.3 is 6.03 Å². The summed E-state index contributed by atoms with van der Waals surface area (Å²) in [5.41, 5.74) is 0.770. The van der Waals surface area contributed by atoms with Gasteiger partial charge in [0.1, 0.15) is 0 Å². The molecule has 0 radical (unpaired) electrons. The van der Waals surface area contributed by atoms with Gasteiger partial charge in [0.05, 0.1) is 13.2 Å². The third-order valence-electron chi connectivity index (χ3n) is 5.48. The Kier molecular flexibility index (Phi) is 5.64. The first-order valence-electron chi connectivity index (χ1n) is 9.55. The lowest BCUT2D eigenvalue weighted by atomic mass is 9.78. The first-order chi connectivity index (χ1) is 13.6. The summed E-state index contributed by atoms with van der Waals surface area (Å²) in [5, 5.41) is 3.59. The zero-order chi connectivity index (χ0) is 19.4. The second-order valence-electron chi connectivity index (χ2n) is 7.45. The van der Waals surface area contributed by atoms with Gasteiger partial charge < -0.3 is 19.9 Å². The van der Waals surface area contributed by atoms with Gasteiger partial charge in [-0.1, -0.05) is 11.6 Å².